The van der Waals surface area contributed by atoms with Gasteiger partial charge in [-0.15, -0.1) is 0 Å². The van der Waals surface area contributed by atoms with Gasteiger partial charge in [-0.05, 0) is 39.7 Å². The minimum atomic E-state index is -0.462. The van der Waals surface area contributed by atoms with Crippen molar-refractivity contribution in [1.82, 2.24) is 19.5 Å². The molecule has 0 aliphatic carbocycles. The summed E-state index contributed by atoms with van der Waals surface area (Å²) in [6.07, 6.45) is 3.15. The van der Waals surface area contributed by atoms with Crippen molar-refractivity contribution in [1.29, 1.82) is 0 Å². The van der Waals surface area contributed by atoms with E-state index >= 15 is 0 Å². The molecular weight excluding hydrogens is 316 g/mol. The van der Waals surface area contributed by atoms with Crippen LogP contribution in [0.2, 0.25) is 5.15 Å². The Hall–Kier alpha value is -1.82. The van der Waals surface area contributed by atoms with Crippen LogP contribution < -0.4 is 0 Å². The van der Waals surface area contributed by atoms with Gasteiger partial charge < -0.3 is 9.64 Å². The highest BCUT2D eigenvalue weighted by Gasteiger charge is 2.28. The maximum absolute atomic E-state index is 12.1. The fourth-order valence-electron chi connectivity index (χ4n) is 2.79. The zero-order chi connectivity index (χ0) is 16.6. The number of hydrogen-bond acceptors (Lipinski definition) is 4. The van der Waals surface area contributed by atoms with Crippen molar-refractivity contribution in [2.75, 3.05) is 13.1 Å². The fourth-order valence-corrected chi connectivity index (χ4v) is 3.03. The van der Waals surface area contributed by atoms with E-state index in [0.717, 1.165) is 24.2 Å². The molecule has 0 spiro atoms. The SMILES string of the molecule is CC(C)(C)OC(=O)N1CCC(c2cc(Cl)n3nccc3n2)CC1. The topological polar surface area (TPSA) is 59.7 Å². The molecule has 1 saturated heterocycles. The van der Waals surface area contributed by atoms with Crippen LogP contribution in [0.15, 0.2) is 18.3 Å². The zero-order valence-corrected chi connectivity index (χ0v) is 14.4. The van der Waals surface area contributed by atoms with Gasteiger partial charge in [0.05, 0.1) is 6.20 Å². The second-order valence-electron chi connectivity index (χ2n) is 6.85. The molecule has 1 fully saturated rings. The summed E-state index contributed by atoms with van der Waals surface area (Å²) in [5.41, 5.74) is 1.25. The number of rotatable bonds is 1. The van der Waals surface area contributed by atoms with Gasteiger partial charge in [-0.25, -0.2) is 14.3 Å². The molecule has 3 rings (SSSR count). The Morgan fingerprint density at radius 1 is 1.35 bits per heavy atom. The third-order valence-corrected chi connectivity index (χ3v) is 4.17. The molecule has 1 aliphatic heterocycles. The van der Waals surface area contributed by atoms with Gasteiger partial charge in [-0.2, -0.15) is 5.10 Å². The Bertz CT molecular complexity index is 714. The van der Waals surface area contributed by atoms with Crippen LogP contribution in [0, 0.1) is 0 Å². The summed E-state index contributed by atoms with van der Waals surface area (Å²) in [5, 5.41) is 4.69. The van der Waals surface area contributed by atoms with E-state index in [1.54, 1.807) is 15.6 Å². The van der Waals surface area contributed by atoms with Crippen molar-refractivity contribution in [2.24, 2.45) is 0 Å². The Morgan fingerprint density at radius 3 is 2.70 bits per heavy atom. The first-order chi connectivity index (χ1) is 10.8. The molecule has 23 heavy (non-hydrogen) atoms. The van der Waals surface area contributed by atoms with E-state index in [1.165, 1.54) is 0 Å². The predicted molar refractivity (Wildman–Crippen MR) is 87.8 cm³/mol. The molecule has 2 aromatic rings. The highest BCUT2D eigenvalue weighted by Crippen LogP contribution is 2.29. The minimum Gasteiger partial charge on any atom is -0.444 e. The summed E-state index contributed by atoms with van der Waals surface area (Å²) in [6.45, 7) is 6.98. The average molecular weight is 337 g/mol. The molecule has 0 aromatic carbocycles. The Balaban J connectivity index is 1.67. The van der Waals surface area contributed by atoms with Gasteiger partial charge in [-0.3, -0.25) is 0 Å². The monoisotopic (exact) mass is 336 g/mol. The molecular formula is C16H21ClN4O2. The molecule has 0 N–H and O–H groups in total. The van der Waals surface area contributed by atoms with Gasteiger partial charge >= 0.3 is 6.09 Å². The van der Waals surface area contributed by atoms with Crippen molar-refractivity contribution >= 4 is 23.3 Å². The molecule has 0 unspecified atom stereocenters. The third kappa shape index (κ3) is 3.58. The van der Waals surface area contributed by atoms with Gasteiger partial charge in [0, 0.05) is 30.8 Å². The molecule has 0 atom stereocenters. The number of fused-ring (bicyclic) bond motifs is 1. The van der Waals surface area contributed by atoms with Crippen molar-refractivity contribution in [2.45, 2.75) is 45.1 Å². The average Bonchev–Trinajstić information content (AvgIpc) is 2.94. The van der Waals surface area contributed by atoms with Crippen LogP contribution in [0.3, 0.4) is 0 Å². The molecule has 6 nitrogen and oxygen atoms in total. The standard InChI is InChI=1S/C16H21ClN4O2/c1-16(2,3)23-15(22)20-8-5-11(6-9-20)12-10-13(17)21-14(19-12)4-7-18-21/h4,7,10-11H,5-6,8-9H2,1-3H3. The number of carbonyl (C=O) groups excluding carboxylic acids is 1. The van der Waals surface area contributed by atoms with Crippen molar-refractivity contribution in [3.05, 3.63) is 29.2 Å². The lowest BCUT2D eigenvalue weighted by Crippen LogP contribution is -2.41. The molecule has 0 saturated carbocycles. The smallest absolute Gasteiger partial charge is 0.410 e. The van der Waals surface area contributed by atoms with Gasteiger partial charge in [0.1, 0.15) is 10.8 Å². The van der Waals surface area contributed by atoms with Crippen LogP contribution in [-0.2, 0) is 4.74 Å². The first-order valence-corrected chi connectivity index (χ1v) is 8.19. The van der Waals surface area contributed by atoms with E-state index in [-0.39, 0.29) is 6.09 Å². The van der Waals surface area contributed by atoms with Crippen LogP contribution in [0.5, 0.6) is 0 Å². The van der Waals surface area contributed by atoms with Gasteiger partial charge in [0.25, 0.3) is 0 Å². The van der Waals surface area contributed by atoms with E-state index < -0.39 is 5.60 Å². The molecule has 0 radical (unpaired) electrons. The normalized spacial score (nSPS) is 16.8. The van der Waals surface area contributed by atoms with Crippen LogP contribution in [0.25, 0.3) is 5.65 Å². The number of ether oxygens (including phenoxy) is 1. The third-order valence-electron chi connectivity index (χ3n) is 3.90. The van der Waals surface area contributed by atoms with Crippen molar-refractivity contribution in [3.8, 4) is 0 Å². The van der Waals surface area contributed by atoms with Crippen LogP contribution >= 0.6 is 11.6 Å². The summed E-state index contributed by atoms with van der Waals surface area (Å²) < 4.78 is 7.04. The first kappa shape index (κ1) is 16.1. The lowest BCUT2D eigenvalue weighted by molar-refractivity contribution is 0.0204. The fraction of sp³-hybridized carbons (Fsp3) is 0.562. The zero-order valence-electron chi connectivity index (χ0n) is 13.6. The largest absolute Gasteiger partial charge is 0.444 e. The molecule has 7 heteroatoms. The van der Waals surface area contributed by atoms with Crippen molar-refractivity contribution in [3.63, 3.8) is 0 Å². The molecule has 1 amide bonds. The summed E-state index contributed by atoms with van der Waals surface area (Å²) in [4.78, 5) is 18.5. The molecule has 0 bridgehead atoms. The number of nitrogens with zero attached hydrogens (tertiary/aromatic N) is 4. The van der Waals surface area contributed by atoms with Crippen LogP contribution in [0.1, 0.15) is 45.2 Å². The van der Waals surface area contributed by atoms with Gasteiger partial charge in [0.2, 0.25) is 0 Å². The van der Waals surface area contributed by atoms with E-state index in [4.69, 9.17) is 16.3 Å². The number of hydrogen-bond donors (Lipinski definition) is 0. The van der Waals surface area contributed by atoms with E-state index in [1.807, 2.05) is 32.9 Å². The summed E-state index contributed by atoms with van der Waals surface area (Å²) >= 11 is 6.25. The number of carbonyl (C=O) groups is 1. The Labute approximate surface area is 140 Å². The van der Waals surface area contributed by atoms with Crippen LogP contribution in [0.4, 0.5) is 4.79 Å². The number of aromatic nitrogens is 3. The van der Waals surface area contributed by atoms with Crippen LogP contribution in [-0.4, -0.2) is 44.3 Å². The lowest BCUT2D eigenvalue weighted by Gasteiger charge is -2.33. The Kier molecular flexibility index (Phi) is 4.19. The second kappa shape index (κ2) is 6.00. The second-order valence-corrected chi connectivity index (χ2v) is 7.23. The van der Waals surface area contributed by atoms with Gasteiger partial charge in [0.15, 0.2) is 5.65 Å². The molecule has 2 aromatic heterocycles. The minimum absolute atomic E-state index is 0.242. The maximum atomic E-state index is 12.1. The number of likely N-dealkylation sites (tertiary alicyclic amines) is 1. The lowest BCUT2D eigenvalue weighted by atomic mass is 9.93. The quantitative estimate of drug-likeness (QED) is 0.748. The highest BCUT2D eigenvalue weighted by atomic mass is 35.5. The summed E-state index contributed by atoms with van der Waals surface area (Å²) in [6, 6.07) is 3.71. The Morgan fingerprint density at radius 2 is 2.04 bits per heavy atom. The summed E-state index contributed by atoms with van der Waals surface area (Å²) in [5.74, 6) is 0.297. The predicted octanol–water partition coefficient (Wildman–Crippen LogP) is 3.50. The molecule has 3 heterocycles. The van der Waals surface area contributed by atoms with Crippen molar-refractivity contribution < 1.29 is 9.53 Å². The maximum Gasteiger partial charge on any atom is 0.410 e. The van der Waals surface area contributed by atoms with Gasteiger partial charge in [-0.1, -0.05) is 11.6 Å². The number of amides is 1. The van der Waals surface area contributed by atoms with E-state index in [9.17, 15) is 4.79 Å². The first-order valence-electron chi connectivity index (χ1n) is 7.81. The number of halogens is 1. The van der Waals surface area contributed by atoms with E-state index in [0.29, 0.717) is 24.2 Å². The summed E-state index contributed by atoms with van der Waals surface area (Å²) in [7, 11) is 0. The van der Waals surface area contributed by atoms with E-state index in [2.05, 4.69) is 10.1 Å². The number of piperidine rings is 1. The molecule has 1 aliphatic rings. The highest BCUT2D eigenvalue weighted by molar-refractivity contribution is 6.29. The molecule has 124 valence electrons.